The molecule has 1 atom stereocenters. The lowest BCUT2D eigenvalue weighted by Gasteiger charge is -2.07. The predicted molar refractivity (Wildman–Crippen MR) is 70.4 cm³/mol. The number of hydrogen-bond donors (Lipinski definition) is 4. The molecule has 1 aromatic carbocycles. The number of nitrogen functional groups attached to an aromatic ring is 1. The SMILES string of the molecule is Nc1cccc(CCC(=O)NCCC(O)C(=O)O)c1. The first-order valence-corrected chi connectivity index (χ1v) is 6.01. The molecule has 5 N–H and O–H groups in total. The molecule has 1 aromatic rings. The second-order valence-electron chi connectivity index (χ2n) is 4.24. The summed E-state index contributed by atoms with van der Waals surface area (Å²) in [7, 11) is 0. The lowest BCUT2D eigenvalue weighted by molar-refractivity contribution is -0.147. The Morgan fingerprint density at radius 2 is 2.11 bits per heavy atom. The maximum Gasteiger partial charge on any atom is 0.332 e. The number of aliphatic hydroxyl groups excluding tert-OH is 1. The minimum absolute atomic E-state index is 0.000636. The van der Waals surface area contributed by atoms with E-state index in [4.69, 9.17) is 15.9 Å². The van der Waals surface area contributed by atoms with Crippen molar-refractivity contribution < 1.29 is 19.8 Å². The third-order valence-corrected chi connectivity index (χ3v) is 2.62. The summed E-state index contributed by atoms with van der Waals surface area (Å²) in [5, 5.41) is 20.0. The third kappa shape index (κ3) is 5.87. The van der Waals surface area contributed by atoms with Crippen molar-refractivity contribution in [3.8, 4) is 0 Å². The number of carbonyl (C=O) groups excluding carboxylic acids is 1. The molecule has 0 saturated heterocycles. The van der Waals surface area contributed by atoms with E-state index in [1.165, 1.54) is 0 Å². The fourth-order valence-corrected chi connectivity index (χ4v) is 1.57. The molecule has 0 aliphatic rings. The summed E-state index contributed by atoms with van der Waals surface area (Å²) < 4.78 is 0. The highest BCUT2D eigenvalue weighted by atomic mass is 16.4. The van der Waals surface area contributed by atoms with Crippen LogP contribution in [0.2, 0.25) is 0 Å². The van der Waals surface area contributed by atoms with Gasteiger partial charge in [-0.05, 0) is 24.1 Å². The molecule has 0 heterocycles. The second kappa shape index (κ2) is 7.38. The number of rotatable bonds is 7. The van der Waals surface area contributed by atoms with Gasteiger partial charge >= 0.3 is 5.97 Å². The molecule has 1 rings (SSSR count). The van der Waals surface area contributed by atoms with Crippen LogP contribution >= 0.6 is 0 Å². The first-order valence-electron chi connectivity index (χ1n) is 6.01. The van der Waals surface area contributed by atoms with Crippen molar-refractivity contribution in [1.29, 1.82) is 0 Å². The molecular weight excluding hydrogens is 248 g/mol. The Morgan fingerprint density at radius 3 is 2.74 bits per heavy atom. The number of nitrogens with one attached hydrogen (secondary N) is 1. The van der Waals surface area contributed by atoms with Crippen molar-refractivity contribution in [2.24, 2.45) is 0 Å². The summed E-state index contributed by atoms with van der Waals surface area (Å²) >= 11 is 0. The average molecular weight is 266 g/mol. The van der Waals surface area contributed by atoms with E-state index in [1.807, 2.05) is 18.2 Å². The molecule has 0 aliphatic carbocycles. The Morgan fingerprint density at radius 1 is 1.37 bits per heavy atom. The van der Waals surface area contributed by atoms with E-state index < -0.39 is 12.1 Å². The van der Waals surface area contributed by atoms with Crippen molar-refractivity contribution in [1.82, 2.24) is 5.32 Å². The average Bonchev–Trinajstić information content (AvgIpc) is 2.36. The van der Waals surface area contributed by atoms with Crippen molar-refractivity contribution in [2.75, 3.05) is 12.3 Å². The van der Waals surface area contributed by atoms with Crippen LogP contribution in [-0.4, -0.2) is 34.7 Å². The van der Waals surface area contributed by atoms with E-state index in [0.29, 0.717) is 18.5 Å². The molecular formula is C13H18N2O4. The number of aliphatic carboxylic acids is 1. The number of aliphatic hydroxyl groups is 1. The van der Waals surface area contributed by atoms with E-state index in [2.05, 4.69) is 5.32 Å². The zero-order valence-corrected chi connectivity index (χ0v) is 10.5. The van der Waals surface area contributed by atoms with Gasteiger partial charge in [0.05, 0.1) is 0 Å². The monoisotopic (exact) mass is 266 g/mol. The summed E-state index contributed by atoms with van der Waals surface area (Å²) in [6, 6.07) is 7.29. The van der Waals surface area contributed by atoms with Crippen LogP contribution in [0, 0.1) is 0 Å². The summed E-state index contributed by atoms with van der Waals surface area (Å²) in [5.74, 6) is -1.46. The molecule has 0 fully saturated rings. The molecule has 6 nitrogen and oxygen atoms in total. The standard InChI is InChI=1S/C13H18N2O4/c14-10-3-1-2-9(8-10)4-5-12(17)15-7-6-11(16)13(18)19/h1-3,8,11,16H,4-7,14H2,(H,15,17)(H,18,19). The number of nitrogens with two attached hydrogens (primary N) is 1. The lowest BCUT2D eigenvalue weighted by atomic mass is 10.1. The van der Waals surface area contributed by atoms with Gasteiger partial charge in [0.15, 0.2) is 6.10 Å². The number of amides is 1. The number of benzene rings is 1. The van der Waals surface area contributed by atoms with Crippen LogP contribution in [0.3, 0.4) is 0 Å². The molecule has 1 amide bonds. The van der Waals surface area contributed by atoms with Gasteiger partial charge in [0.1, 0.15) is 0 Å². The number of anilines is 1. The quantitative estimate of drug-likeness (QED) is 0.525. The van der Waals surface area contributed by atoms with Gasteiger partial charge in [-0.1, -0.05) is 12.1 Å². The molecule has 0 saturated carbocycles. The first kappa shape index (κ1) is 15.0. The maximum atomic E-state index is 11.5. The normalized spacial score (nSPS) is 11.8. The van der Waals surface area contributed by atoms with E-state index in [0.717, 1.165) is 5.56 Å². The van der Waals surface area contributed by atoms with Gasteiger partial charge in [-0.15, -0.1) is 0 Å². The van der Waals surface area contributed by atoms with Crippen LogP contribution in [0.1, 0.15) is 18.4 Å². The molecule has 19 heavy (non-hydrogen) atoms. The van der Waals surface area contributed by atoms with Crippen LogP contribution in [0.25, 0.3) is 0 Å². The zero-order valence-electron chi connectivity index (χ0n) is 10.5. The third-order valence-electron chi connectivity index (χ3n) is 2.62. The molecule has 1 unspecified atom stereocenters. The van der Waals surface area contributed by atoms with Gasteiger partial charge in [0.2, 0.25) is 5.91 Å². The van der Waals surface area contributed by atoms with Crippen LogP contribution in [-0.2, 0) is 16.0 Å². The number of carbonyl (C=O) groups is 2. The van der Waals surface area contributed by atoms with E-state index in [9.17, 15) is 9.59 Å². The number of hydrogen-bond acceptors (Lipinski definition) is 4. The minimum atomic E-state index is -1.44. The highest BCUT2D eigenvalue weighted by molar-refractivity contribution is 5.76. The predicted octanol–water partition coefficient (Wildman–Crippen LogP) is 0.153. The van der Waals surface area contributed by atoms with Gasteiger partial charge in [0, 0.05) is 25.1 Å². The number of aryl methyl sites for hydroxylation is 1. The number of carboxylic acid groups (broad SMARTS) is 1. The summed E-state index contributed by atoms with van der Waals surface area (Å²) in [6.45, 7) is 0.142. The minimum Gasteiger partial charge on any atom is -0.479 e. The fourth-order valence-electron chi connectivity index (χ4n) is 1.57. The van der Waals surface area contributed by atoms with Gasteiger partial charge in [0.25, 0.3) is 0 Å². The molecule has 0 aromatic heterocycles. The first-order chi connectivity index (χ1) is 8.99. The Bertz CT molecular complexity index is 448. The van der Waals surface area contributed by atoms with Gasteiger partial charge in [-0.2, -0.15) is 0 Å². The molecule has 6 heteroatoms. The van der Waals surface area contributed by atoms with E-state index >= 15 is 0 Å². The van der Waals surface area contributed by atoms with Crippen LogP contribution in [0.15, 0.2) is 24.3 Å². The van der Waals surface area contributed by atoms with E-state index in [1.54, 1.807) is 6.07 Å². The van der Waals surface area contributed by atoms with Gasteiger partial charge in [-0.25, -0.2) is 4.79 Å². The molecule has 0 aliphatic heterocycles. The van der Waals surface area contributed by atoms with Crippen LogP contribution in [0.4, 0.5) is 5.69 Å². The highest BCUT2D eigenvalue weighted by Crippen LogP contribution is 2.08. The Labute approximate surface area is 111 Å². The lowest BCUT2D eigenvalue weighted by Crippen LogP contribution is -2.30. The van der Waals surface area contributed by atoms with Crippen LogP contribution < -0.4 is 11.1 Å². The van der Waals surface area contributed by atoms with Crippen molar-refractivity contribution in [3.63, 3.8) is 0 Å². The van der Waals surface area contributed by atoms with Gasteiger partial charge in [-0.3, -0.25) is 4.79 Å². The fraction of sp³-hybridized carbons (Fsp3) is 0.385. The van der Waals surface area contributed by atoms with E-state index in [-0.39, 0.29) is 18.9 Å². The number of carboxylic acids is 1. The van der Waals surface area contributed by atoms with Gasteiger partial charge < -0.3 is 21.3 Å². The summed E-state index contributed by atoms with van der Waals surface area (Å²) in [6.07, 6.45) is -0.570. The Kier molecular flexibility index (Phi) is 5.81. The van der Waals surface area contributed by atoms with Crippen molar-refractivity contribution >= 4 is 17.6 Å². The van der Waals surface area contributed by atoms with Crippen LogP contribution in [0.5, 0.6) is 0 Å². The molecule has 104 valence electrons. The second-order valence-corrected chi connectivity index (χ2v) is 4.24. The molecule has 0 radical (unpaired) electrons. The molecule has 0 spiro atoms. The summed E-state index contributed by atoms with van der Waals surface area (Å²) in [5.41, 5.74) is 7.25. The smallest absolute Gasteiger partial charge is 0.332 e. The molecule has 0 bridgehead atoms. The largest absolute Gasteiger partial charge is 0.479 e. The van der Waals surface area contributed by atoms with Crippen molar-refractivity contribution in [3.05, 3.63) is 29.8 Å². The Hall–Kier alpha value is -2.08. The highest BCUT2D eigenvalue weighted by Gasteiger charge is 2.12. The summed E-state index contributed by atoms with van der Waals surface area (Å²) in [4.78, 5) is 21.8. The Balaban J connectivity index is 2.23. The maximum absolute atomic E-state index is 11.5. The topological polar surface area (TPSA) is 113 Å². The van der Waals surface area contributed by atoms with Crippen molar-refractivity contribution in [2.45, 2.75) is 25.4 Å². The zero-order chi connectivity index (χ0) is 14.3.